The molecule has 1 aromatic carbocycles. The van der Waals surface area contributed by atoms with Crippen LogP contribution >= 0.6 is 47.2 Å². The lowest BCUT2D eigenvalue weighted by Gasteiger charge is -2.13. The van der Waals surface area contributed by atoms with Crippen molar-refractivity contribution in [2.75, 3.05) is 6.54 Å². The van der Waals surface area contributed by atoms with Crippen LogP contribution in [0, 0.1) is 0 Å². The van der Waals surface area contributed by atoms with E-state index in [0.717, 1.165) is 11.3 Å². The zero-order chi connectivity index (χ0) is 21.1. The monoisotopic (exact) mass is 476 g/mol. The Balaban J connectivity index is 1.48. The highest BCUT2D eigenvalue weighted by Gasteiger charge is 2.31. The summed E-state index contributed by atoms with van der Waals surface area (Å²) in [5.41, 5.74) is 2.23. The molecule has 1 aliphatic heterocycles. The highest BCUT2D eigenvalue weighted by Crippen LogP contribution is 2.33. The predicted molar refractivity (Wildman–Crippen MR) is 122 cm³/mol. The number of halogens is 2. The minimum atomic E-state index is -0.125. The molecule has 3 heterocycles. The molecule has 1 saturated heterocycles. The molecule has 1 amide bonds. The van der Waals surface area contributed by atoms with Gasteiger partial charge >= 0.3 is 0 Å². The van der Waals surface area contributed by atoms with Gasteiger partial charge in [0, 0.05) is 18.5 Å². The number of aromatic amines is 1. The number of rotatable bonds is 6. The van der Waals surface area contributed by atoms with Gasteiger partial charge in [0.05, 0.1) is 26.3 Å². The number of nitrogens with one attached hydrogen (secondary N) is 1. The fourth-order valence-electron chi connectivity index (χ4n) is 2.86. The molecule has 0 bridgehead atoms. The Morgan fingerprint density at radius 1 is 1.20 bits per heavy atom. The summed E-state index contributed by atoms with van der Waals surface area (Å²) < 4.78 is 0.528. The number of tetrazole rings is 1. The van der Waals surface area contributed by atoms with Gasteiger partial charge in [-0.2, -0.15) is 5.21 Å². The number of amides is 1. The van der Waals surface area contributed by atoms with Crippen LogP contribution in [0.3, 0.4) is 0 Å². The molecular formula is C19H14Cl2N6OS2. The van der Waals surface area contributed by atoms with E-state index in [1.165, 1.54) is 11.8 Å². The number of H-pyrrole nitrogens is 1. The molecular weight excluding hydrogens is 463 g/mol. The lowest BCUT2D eigenvalue weighted by atomic mass is 10.1. The molecule has 11 heteroatoms. The van der Waals surface area contributed by atoms with Gasteiger partial charge in [0.15, 0.2) is 5.82 Å². The van der Waals surface area contributed by atoms with Crippen molar-refractivity contribution in [2.45, 2.75) is 12.8 Å². The maximum atomic E-state index is 12.8. The molecule has 0 spiro atoms. The number of carbonyl (C=O) groups excluding carboxylic acids is 1. The van der Waals surface area contributed by atoms with Crippen molar-refractivity contribution in [1.29, 1.82) is 0 Å². The van der Waals surface area contributed by atoms with E-state index < -0.39 is 0 Å². The number of pyridine rings is 1. The van der Waals surface area contributed by atoms with E-state index >= 15 is 0 Å². The third-order valence-corrected chi connectivity index (χ3v) is 6.43. The van der Waals surface area contributed by atoms with E-state index in [4.69, 9.17) is 35.4 Å². The Kier molecular flexibility index (Phi) is 6.43. The lowest BCUT2D eigenvalue weighted by molar-refractivity contribution is -0.122. The zero-order valence-corrected chi connectivity index (χ0v) is 18.5. The normalized spacial score (nSPS) is 15.4. The summed E-state index contributed by atoms with van der Waals surface area (Å²) in [4.78, 5) is 19.5. The van der Waals surface area contributed by atoms with Crippen LogP contribution in [-0.2, 0) is 11.2 Å². The van der Waals surface area contributed by atoms with Gasteiger partial charge in [-0.3, -0.25) is 9.69 Å². The van der Waals surface area contributed by atoms with Gasteiger partial charge in [-0.25, -0.2) is 4.98 Å². The van der Waals surface area contributed by atoms with E-state index in [1.54, 1.807) is 23.1 Å². The van der Waals surface area contributed by atoms with Crippen molar-refractivity contribution in [3.8, 4) is 11.3 Å². The van der Waals surface area contributed by atoms with Gasteiger partial charge in [-0.15, -0.1) is 10.2 Å². The number of carbonyl (C=O) groups is 1. The molecule has 3 aromatic rings. The molecule has 2 aromatic heterocycles. The molecule has 1 N–H and O–H groups in total. The Labute approximate surface area is 191 Å². The lowest BCUT2D eigenvalue weighted by Crippen LogP contribution is -2.29. The second kappa shape index (κ2) is 9.22. The van der Waals surface area contributed by atoms with Gasteiger partial charge < -0.3 is 0 Å². The van der Waals surface area contributed by atoms with Crippen LogP contribution in [0.4, 0.5) is 0 Å². The van der Waals surface area contributed by atoms with Crippen LogP contribution in [0.25, 0.3) is 17.3 Å². The molecule has 152 valence electrons. The van der Waals surface area contributed by atoms with Crippen LogP contribution in [0.2, 0.25) is 10.0 Å². The molecule has 1 aliphatic rings. The number of aromatic nitrogens is 5. The highest BCUT2D eigenvalue weighted by molar-refractivity contribution is 8.26. The number of nitrogens with zero attached hydrogens (tertiary/aromatic N) is 5. The van der Waals surface area contributed by atoms with Crippen LogP contribution in [0.1, 0.15) is 17.9 Å². The molecule has 0 aliphatic carbocycles. The van der Waals surface area contributed by atoms with Gasteiger partial charge in [0.2, 0.25) is 0 Å². The third-order valence-electron chi connectivity index (χ3n) is 4.31. The molecule has 0 atom stereocenters. The maximum Gasteiger partial charge on any atom is 0.266 e. The summed E-state index contributed by atoms with van der Waals surface area (Å²) in [6.07, 6.45) is 3.05. The SMILES string of the molecule is O=C1C(=Cc2cccc(-c3ccc(Cl)c(Cl)c3)n2)SC(=S)N1CCCc1nn[nH]n1. The molecule has 7 nitrogen and oxygen atoms in total. The van der Waals surface area contributed by atoms with E-state index in [1.807, 2.05) is 24.3 Å². The minimum Gasteiger partial charge on any atom is -0.293 e. The van der Waals surface area contributed by atoms with Gasteiger partial charge in [-0.1, -0.05) is 64.5 Å². The number of thiocarbonyl (C=S) groups is 1. The van der Waals surface area contributed by atoms with Crippen molar-refractivity contribution in [3.05, 3.63) is 62.9 Å². The number of thioether (sulfide) groups is 1. The molecule has 0 radical (unpaired) electrons. The van der Waals surface area contributed by atoms with Crippen LogP contribution in [0.15, 0.2) is 41.3 Å². The summed E-state index contributed by atoms with van der Waals surface area (Å²) >= 11 is 18.8. The Hall–Kier alpha value is -2.33. The van der Waals surface area contributed by atoms with Crippen LogP contribution in [0.5, 0.6) is 0 Å². The number of hydrogen-bond acceptors (Lipinski definition) is 7. The summed E-state index contributed by atoms with van der Waals surface area (Å²) in [5, 5.41) is 14.7. The molecule has 0 unspecified atom stereocenters. The quantitative estimate of drug-likeness (QED) is 0.416. The smallest absolute Gasteiger partial charge is 0.266 e. The van der Waals surface area contributed by atoms with E-state index in [-0.39, 0.29) is 5.91 Å². The van der Waals surface area contributed by atoms with Crippen molar-refractivity contribution in [1.82, 2.24) is 30.5 Å². The largest absolute Gasteiger partial charge is 0.293 e. The Morgan fingerprint density at radius 3 is 2.83 bits per heavy atom. The Morgan fingerprint density at radius 2 is 2.07 bits per heavy atom. The first kappa shape index (κ1) is 20.9. The standard InChI is InChI=1S/C19H14Cl2N6OS2/c20-13-7-6-11(9-14(13)21)15-4-1-3-12(22-15)10-16-18(28)27(19(29)30-16)8-2-5-17-23-25-26-24-17/h1,3-4,6-7,9-10H,2,5,8H2,(H,23,24,25,26). The Bertz CT molecular complexity index is 1140. The average molecular weight is 477 g/mol. The minimum absolute atomic E-state index is 0.125. The maximum absolute atomic E-state index is 12.8. The summed E-state index contributed by atoms with van der Waals surface area (Å²) in [7, 11) is 0. The second-order valence-electron chi connectivity index (χ2n) is 6.34. The molecule has 1 fully saturated rings. The molecule has 4 rings (SSSR count). The van der Waals surface area contributed by atoms with Gasteiger partial charge in [0.25, 0.3) is 5.91 Å². The summed E-state index contributed by atoms with van der Waals surface area (Å²) in [6.45, 7) is 0.493. The first-order chi connectivity index (χ1) is 14.5. The fourth-order valence-corrected chi connectivity index (χ4v) is 4.45. The fraction of sp³-hybridized carbons (Fsp3) is 0.158. The van der Waals surface area contributed by atoms with E-state index in [2.05, 4.69) is 25.6 Å². The molecule has 0 saturated carbocycles. The predicted octanol–water partition coefficient (Wildman–Crippen LogP) is 4.40. The number of aryl methyl sites for hydroxylation is 1. The topological polar surface area (TPSA) is 87.7 Å². The first-order valence-corrected chi connectivity index (χ1v) is 10.9. The van der Waals surface area contributed by atoms with Crippen LogP contribution in [-0.4, -0.2) is 47.3 Å². The second-order valence-corrected chi connectivity index (χ2v) is 8.83. The van der Waals surface area contributed by atoms with Gasteiger partial charge in [-0.05, 0) is 36.8 Å². The first-order valence-electron chi connectivity index (χ1n) is 8.91. The third kappa shape index (κ3) is 4.70. The van der Waals surface area contributed by atoms with Gasteiger partial charge in [0.1, 0.15) is 4.32 Å². The number of benzene rings is 1. The van der Waals surface area contributed by atoms with Crippen molar-refractivity contribution in [3.63, 3.8) is 0 Å². The van der Waals surface area contributed by atoms with E-state index in [9.17, 15) is 4.79 Å². The molecule has 30 heavy (non-hydrogen) atoms. The van der Waals surface area contributed by atoms with E-state index in [0.29, 0.717) is 50.2 Å². The highest BCUT2D eigenvalue weighted by atomic mass is 35.5. The van der Waals surface area contributed by atoms with Crippen molar-refractivity contribution in [2.24, 2.45) is 0 Å². The summed E-state index contributed by atoms with van der Waals surface area (Å²) in [5.74, 6) is 0.485. The average Bonchev–Trinajstić information content (AvgIpc) is 3.34. The van der Waals surface area contributed by atoms with Crippen molar-refractivity contribution >= 4 is 63.5 Å². The number of hydrogen-bond donors (Lipinski definition) is 1. The summed E-state index contributed by atoms with van der Waals surface area (Å²) in [6, 6.07) is 10.9. The van der Waals surface area contributed by atoms with Crippen LogP contribution < -0.4 is 0 Å². The van der Waals surface area contributed by atoms with Crippen molar-refractivity contribution < 1.29 is 4.79 Å². The zero-order valence-electron chi connectivity index (χ0n) is 15.4.